The van der Waals surface area contributed by atoms with Gasteiger partial charge in [-0.25, -0.2) is 0 Å². The third-order valence-electron chi connectivity index (χ3n) is 4.69. The van der Waals surface area contributed by atoms with Crippen LogP contribution in [0, 0.1) is 5.41 Å². The summed E-state index contributed by atoms with van der Waals surface area (Å²) in [6.07, 6.45) is 0. The monoisotopic (exact) mass is 379 g/mol. The molecule has 1 aliphatic rings. The van der Waals surface area contributed by atoms with Crippen LogP contribution in [-0.2, 0) is 11.3 Å². The van der Waals surface area contributed by atoms with Crippen LogP contribution in [0.3, 0.4) is 0 Å². The molecule has 1 amide bonds. The van der Waals surface area contributed by atoms with Gasteiger partial charge in [0.2, 0.25) is 11.7 Å². The standard InChI is InChI=1S/C18H29N5O4/c1-21(18(19)20)12-15(24)23-9-7-22(8-10-23)11-13-5-6-14(25-2)17(27-4)16(13)26-3/h5-6H,7-12H2,1-4H3,(H3,19,20). The van der Waals surface area contributed by atoms with Crippen molar-refractivity contribution in [2.75, 3.05) is 61.1 Å². The van der Waals surface area contributed by atoms with E-state index >= 15 is 0 Å². The van der Waals surface area contributed by atoms with Crippen LogP contribution in [-0.4, -0.2) is 87.7 Å². The predicted octanol–water partition coefficient (Wildman–Crippen LogP) is 0.182. The van der Waals surface area contributed by atoms with Crippen molar-refractivity contribution in [1.29, 1.82) is 5.41 Å². The summed E-state index contributed by atoms with van der Waals surface area (Å²) in [5.74, 6) is 1.75. The van der Waals surface area contributed by atoms with Gasteiger partial charge in [-0.15, -0.1) is 0 Å². The Morgan fingerprint density at radius 1 is 1.11 bits per heavy atom. The Balaban J connectivity index is 1.98. The largest absolute Gasteiger partial charge is 0.493 e. The molecule has 0 aromatic heterocycles. The molecular formula is C18H29N5O4. The number of guanidine groups is 1. The molecule has 0 spiro atoms. The molecule has 150 valence electrons. The van der Waals surface area contributed by atoms with Gasteiger partial charge in [0, 0.05) is 45.3 Å². The molecule has 0 bridgehead atoms. The second kappa shape index (κ2) is 9.31. The van der Waals surface area contributed by atoms with Gasteiger partial charge in [0.25, 0.3) is 0 Å². The zero-order valence-electron chi connectivity index (χ0n) is 16.4. The van der Waals surface area contributed by atoms with Gasteiger partial charge in [-0.3, -0.25) is 15.1 Å². The Kier molecular flexibility index (Phi) is 7.12. The first-order valence-corrected chi connectivity index (χ1v) is 8.74. The smallest absolute Gasteiger partial charge is 0.242 e. The quantitative estimate of drug-likeness (QED) is 0.514. The number of nitrogens with zero attached hydrogens (tertiary/aromatic N) is 3. The molecule has 0 radical (unpaired) electrons. The molecule has 1 aliphatic heterocycles. The van der Waals surface area contributed by atoms with E-state index in [0.717, 1.165) is 18.7 Å². The summed E-state index contributed by atoms with van der Waals surface area (Å²) < 4.78 is 16.3. The van der Waals surface area contributed by atoms with Gasteiger partial charge in [0.05, 0.1) is 27.9 Å². The maximum absolute atomic E-state index is 12.3. The Labute approximate surface area is 160 Å². The Morgan fingerprint density at radius 3 is 2.26 bits per heavy atom. The number of methoxy groups -OCH3 is 3. The van der Waals surface area contributed by atoms with E-state index < -0.39 is 0 Å². The summed E-state index contributed by atoms with van der Waals surface area (Å²) in [6, 6.07) is 3.84. The fourth-order valence-electron chi connectivity index (χ4n) is 3.07. The molecule has 1 aromatic carbocycles. The maximum atomic E-state index is 12.3. The van der Waals surface area contributed by atoms with Crippen molar-refractivity contribution in [3.05, 3.63) is 17.7 Å². The molecular weight excluding hydrogens is 350 g/mol. The molecule has 1 fully saturated rings. The summed E-state index contributed by atoms with van der Waals surface area (Å²) in [4.78, 5) is 17.8. The van der Waals surface area contributed by atoms with Gasteiger partial charge in [-0.1, -0.05) is 6.07 Å². The molecule has 27 heavy (non-hydrogen) atoms. The van der Waals surface area contributed by atoms with Crippen LogP contribution in [0.4, 0.5) is 0 Å². The van der Waals surface area contributed by atoms with Crippen LogP contribution < -0.4 is 19.9 Å². The van der Waals surface area contributed by atoms with Gasteiger partial charge in [-0.2, -0.15) is 0 Å². The predicted molar refractivity (Wildman–Crippen MR) is 102 cm³/mol. The number of likely N-dealkylation sites (N-methyl/N-ethyl adjacent to an activating group) is 1. The third-order valence-corrected chi connectivity index (χ3v) is 4.69. The normalized spacial score (nSPS) is 14.6. The summed E-state index contributed by atoms with van der Waals surface area (Å²) in [5, 5.41) is 7.36. The number of ether oxygens (including phenoxy) is 3. The summed E-state index contributed by atoms with van der Waals surface area (Å²) in [6.45, 7) is 3.61. The highest BCUT2D eigenvalue weighted by atomic mass is 16.5. The maximum Gasteiger partial charge on any atom is 0.242 e. The van der Waals surface area contributed by atoms with E-state index in [1.807, 2.05) is 17.0 Å². The lowest BCUT2D eigenvalue weighted by atomic mass is 10.1. The minimum absolute atomic E-state index is 0.0175. The number of benzene rings is 1. The molecule has 0 saturated carbocycles. The van der Waals surface area contributed by atoms with Gasteiger partial charge in [0.15, 0.2) is 17.5 Å². The fraction of sp³-hybridized carbons (Fsp3) is 0.556. The zero-order chi connectivity index (χ0) is 20.0. The summed E-state index contributed by atoms with van der Waals surface area (Å²) in [7, 11) is 6.44. The number of hydrogen-bond donors (Lipinski definition) is 2. The third kappa shape index (κ3) is 4.94. The second-order valence-corrected chi connectivity index (χ2v) is 6.39. The number of piperazine rings is 1. The molecule has 0 atom stereocenters. The van der Waals surface area contributed by atoms with Crippen molar-refractivity contribution in [2.45, 2.75) is 6.54 Å². The van der Waals surface area contributed by atoms with Crippen LogP contribution in [0.1, 0.15) is 5.56 Å². The van der Waals surface area contributed by atoms with Crippen molar-refractivity contribution in [3.63, 3.8) is 0 Å². The number of carbonyl (C=O) groups is 1. The SMILES string of the molecule is COc1ccc(CN2CCN(C(=O)CN(C)C(=N)N)CC2)c(OC)c1OC. The zero-order valence-corrected chi connectivity index (χ0v) is 16.4. The molecule has 9 heteroatoms. The lowest BCUT2D eigenvalue weighted by Gasteiger charge is -2.35. The summed E-state index contributed by atoms with van der Waals surface area (Å²) >= 11 is 0. The highest BCUT2D eigenvalue weighted by Crippen LogP contribution is 2.40. The fourth-order valence-corrected chi connectivity index (χ4v) is 3.07. The highest BCUT2D eigenvalue weighted by Gasteiger charge is 2.24. The van der Waals surface area contributed by atoms with E-state index in [9.17, 15) is 4.79 Å². The van der Waals surface area contributed by atoms with Gasteiger partial charge in [-0.05, 0) is 6.07 Å². The lowest BCUT2D eigenvalue weighted by molar-refractivity contribution is -0.133. The Morgan fingerprint density at radius 2 is 1.74 bits per heavy atom. The number of amides is 1. The topological polar surface area (TPSA) is 104 Å². The number of rotatable bonds is 7. The lowest BCUT2D eigenvalue weighted by Crippen LogP contribution is -2.51. The van der Waals surface area contributed by atoms with E-state index in [0.29, 0.717) is 36.9 Å². The number of nitrogens with two attached hydrogens (primary N) is 1. The van der Waals surface area contributed by atoms with Crippen LogP contribution >= 0.6 is 0 Å². The van der Waals surface area contributed by atoms with E-state index in [1.165, 1.54) is 4.90 Å². The first kappa shape index (κ1) is 20.6. The molecule has 0 aliphatic carbocycles. The van der Waals surface area contributed by atoms with Crippen LogP contribution in [0.2, 0.25) is 0 Å². The van der Waals surface area contributed by atoms with Crippen molar-refractivity contribution < 1.29 is 19.0 Å². The van der Waals surface area contributed by atoms with E-state index in [1.54, 1.807) is 28.4 Å². The van der Waals surface area contributed by atoms with E-state index in [4.69, 9.17) is 25.4 Å². The summed E-state index contributed by atoms with van der Waals surface area (Å²) in [5.41, 5.74) is 6.40. The van der Waals surface area contributed by atoms with Gasteiger partial charge < -0.3 is 29.7 Å². The number of nitrogens with one attached hydrogen (secondary N) is 1. The Hall–Kier alpha value is -2.68. The van der Waals surface area contributed by atoms with E-state index in [-0.39, 0.29) is 18.4 Å². The Bertz CT molecular complexity index is 674. The first-order chi connectivity index (χ1) is 12.9. The minimum atomic E-state index is -0.109. The average Bonchev–Trinajstić information content (AvgIpc) is 2.67. The minimum Gasteiger partial charge on any atom is -0.493 e. The van der Waals surface area contributed by atoms with Crippen molar-refractivity contribution in [3.8, 4) is 17.2 Å². The molecule has 1 saturated heterocycles. The molecule has 0 unspecified atom stereocenters. The second-order valence-electron chi connectivity index (χ2n) is 6.39. The van der Waals surface area contributed by atoms with Gasteiger partial charge >= 0.3 is 0 Å². The van der Waals surface area contributed by atoms with Crippen LogP contribution in [0.25, 0.3) is 0 Å². The van der Waals surface area contributed by atoms with E-state index in [2.05, 4.69) is 4.90 Å². The first-order valence-electron chi connectivity index (χ1n) is 8.74. The van der Waals surface area contributed by atoms with Gasteiger partial charge in [0.1, 0.15) is 0 Å². The molecule has 1 aromatic rings. The number of carbonyl (C=O) groups excluding carboxylic acids is 1. The van der Waals surface area contributed by atoms with Crippen molar-refractivity contribution >= 4 is 11.9 Å². The highest BCUT2D eigenvalue weighted by molar-refractivity contribution is 5.84. The van der Waals surface area contributed by atoms with Crippen molar-refractivity contribution in [1.82, 2.24) is 14.7 Å². The molecule has 3 N–H and O–H groups in total. The molecule has 9 nitrogen and oxygen atoms in total. The van der Waals surface area contributed by atoms with Crippen LogP contribution in [0.15, 0.2) is 12.1 Å². The van der Waals surface area contributed by atoms with Crippen LogP contribution in [0.5, 0.6) is 17.2 Å². The molecule has 2 rings (SSSR count). The van der Waals surface area contributed by atoms with Crippen molar-refractivity contribution in [2.24, 2.45) is 5.73 Å². The molecule has 1 heterocycles. The number of hydrogen-bond acceptors (Lipinski definition) is 6. The average molecular weight is 379 g/mol.